The van der Waals surface area contributed by atoms with Gasteiger partial charge in [-0.25, -0.2) is 24.0 Å². The summed E-state index contributed by atoms with van der Waals surface area (Å²) in [5.41, 5.74) is 4.57. The fourth-order valence-corrected chi connectivity index (χ4v) is 19.3. The lowest BCUT2D eigenvalue weighted by molar-refractivity contribution is -0.143. The molecule has 8 heterocycles. The van der Waals surface area contributed by atoms with Crippen LogP contribution in [0.2, 0.25) is 0 Å². The highest BCUT2D eigenvalue weighted by Gasteiger charge is 2.64. The molecule has 0 spiro atoms. The van der Waals surface area contributed by atoms with Gasteiger partial charge in [0.05, 0.1) is 47.8 Å². The minimum Gasteiger partial charge on any atom is -0.461 e. The average molecular weight is 1570 g/mol. The lowest BCUT2D eigenvalue weighted by Crippen LogP contribution is -2.34. The molecule has 0 aromatic rings. The molecule has 0 aromatic heterocycles. The smallest absolute Gasteiger partial charge is 0.407 e. The third kappa shape index (κ3) is 24.5. The second-order valence-electron chi connectivity index (χ2n) is 35.7. The first-order chi connectivity index (χ1) is 54.3. The Kier molecular flexibility index (Phi) is 31.7. The zero-order chi connectivity index (χ0) is 78.5. The number of hydrogen-bond acceptors (Lipinski definition) is 20. The Morgan fingerprint density at radius 3 is 1.06 bits per heavy atom. The third-order valence-corrected chi connectivity index (χ3v) is 27.0. The predicted octanol–water partition coefficient (Wildman–Crippen LogP) is 14.8. The molecule has 5 N–H and O–H groups in total. The van der Waals surface area contributed by atoms with E-state index >= 15 is 0 Å². The van der Waals surface area contributed by atoms with Gasteiger partial charge in [-0.1, -0.05) is 121 Å². The number of esters is 3. The highest BCUT2D eigenvalue weighted by atomic mass is 16.7. The van der Waals surface area contributed by atoms with E-state index in [0.29, 0.717) is 99.8 Å². The number of ether oxygens (including phenoxy) is 12. The van der Waals surface area contributed by atoms with Gasteiger partial charge in [-0.05, 0) is 216 Å². The van der Waals surface area contributed by atoms with Crippen LogP contribution in [0.25, 0.3) is 0 Å². The Balaban J connectivity index is 0.438. The van der Waals surface area contributed by atoms with Crippen molar-refractivity contribution in [3.8, 4) is 0 Å². The summed E-state index contributed by atoms with van der Waals surface area (Å²) in [7, 11) is 0. The normalized spacial score (nSPS) is 35.7. The molecule has 0 saturated carbocycles. The van der Waals surface area contributed by atoms with Crippen LogP contribution < -0.4 is 26.6 Å². The summed E-state index contributed by atoms with van der Waals surface area (Å²) in [6, 6.07) is 0. The van der Waals surface area contributed by atoms with E-state index in [1.54, 1.807) is 0 Å². The van der Waals surface area contributed by atoms with Crippen molar-refractivity contribution in [2.24, 2.45) is 35.5 Å². The highest BCUT2D eigenvalue weighted by molar-refractivity contribution is 5.91. The van der Waals surface area contributed by atoms with Crippen molar-refractivity contribution in [2.45, 2.75) is 330 Å². The number of fused-ring (bicyclic) bond motifs is 12. The largest absolute Gasteiger partial charge is 0.461 e. The number of unbranched alkanes of at least 4 members (excludes halogenated alkanes) is 16. The van der Waals surface area contributed by atoms with E-state index in [1.807, 2.05) is 0 Å². The Hall–Kier alpha value is -5.66. The molecule has 112 heavy (non-hydrogen) atoms. The Morgan fingerprint density at radius 2 is 0.705 bits per heavy atom. The zero-order valence-electron chi connectivity index (χ0n) is 68.3. The maximum atomic E-state index is 13.0. The number of amides is 3. The topological polar surface area (TPSA) is 287 Å². The van der Waals surface area contributed by atoms with Crippen LogP contribution in [0.1, 0.15) is 259 Å². The van der Waals surface area contributed by atoms with Gasteiger partial charge < -0.3 is 83.4 Å². The number of carbonyl (C=O) groups excluding carboxylic acids is 6. The minimum atomic E-state index is -0.396. The summed E-state index contributed by atoms with van der Waals surface area (Å²) >= 11 is 0. The van der Waals surface area contributed by atoms with E-state index in [2.05, 4.69) is 91.7 Å². The predicted molar refractivity (Wildman–Crippen MR) is 425 cm³/mol. The summed E-state index contributed by atoms with van der Waals surface area (Å²) in [5, 5.41) is 16.4. The third-order valence-electron chi connectivity index (χ3n) is 27.0. The average Bonchev–Trinajstić information content (AvgIpc) is 1.32. The molecule has 626 valence electrons. The number of carbonyl (C=O) groups is 6. The number of rotatable bonds is 40. The van der Waals surface area contributed by atoms with E-state index in [0.717, 1.165) is 250 Å². The van der Waals surface area contributed by atoms with Crippen LogP contribution in [0.3, 0.4) is 0 Å². The summed E-state index contributed by atoms with van der Waals surface area (Å²) in [4.78, 5) is 75.9. The molecule has 0 radical (unpaired) electrons. The van der Waals surface area contributed by atoms with Gasteiger partial charge >= 0.3 is 36.2 Å². The summed E-state index contributed by atoms with van der Waals surface area (Å²) in [5.74, 6) is 0.607. The van der Waals surface area contributed by atoms with Gasteiger partial charge in [0.25, 0.3) is 0 Å². The first-order valence-corrected chi connectivity index (χ1v) is 44.0. The van der Waals surface area contributed by atoms with Crippen molar-refractivity contribution < 1.29 is 85.6 Å². The van der Waals surface area contributed by atoms with Gasteiger partial charge in [0.1, 0.15) is 63.1 Å². The summed E-state index contributed by atoms with van der Waals surface area (Å²) < 4.78 is 72.1. The van der Waals surface area contributed by atoms with Crippen molar-refractivity contribution in [1.82, 2.24) is 26.6 Å². The first-order valence-electron chi connectivity index (χ1n) is 44.0. The van der Waals surface area contributed by atoms with Crippen LogP contribution in [0.5, 0.6) is 0 Å². The molecule has 1 unspecified atom stereocenters. The lowest BCUT2D eigenvalue weighted by Gasteiger charge is -2.25. The van der Waals surface area contributed by atoms with Gasteiger partial charge in [0.15, 0.2) is 0 Å². The van der Waals surface area contributed by atoms with Crippen LogP contribution in [-0.2, 0) is 71.2 Å². The second kappa shape index (κ2) is 41.4. The SMILES string of the molecule is C=C1C(=O)O[C@H]2[C@H]1CC/C(COC(=O)NCCCCCCCCNCC1CO[C@H]3[C@H]1CC/C(COC(=O)CCCCCCCCCNC(=O)OC/C1=C/CC[C@@]4(C)O[C@H]4[C@H]4OC[C@@H](CNCCCCCCCCNC(=O)OC/C5=C/CC[C@@]6(C)O[C@H]6[C@H]6OC(=O)C(=C)[C@@H]6CC5)[C@@H]4CC1)=C\CC[C@@]1(C)O[C@@H]31)=C\CC[C@@]1(C)O[C@@H]21. The quantitative estimate of drug-likeness (QED) is 0.00951. The number of alkyl carbamates (subject to hydrolysis) is 3. The number of nitrogens with one attached hydrogen (secondary N) is 5. The minimum absolute atomic E-state index is 0.0790. The van der Waals surface area contributed by atoms with Crippen molar-refractivity contribution in [3.05, 3.63) is 70.9 Å². The fourth-order valence-electron chi connectivity index (χ4n) is 19.3. The summed E-state index contributed by atoms with van der Waals surface area (Å²) in [6.07, 6.45) is 41.4. The van der Waals surface area contributed by atoms with E-state index in [1.165, 1.54) is 11.1 Å². The van der Waals surface area contributed by atoms with Crippen LogP contribution >= 0.6 is 0 Å². The molecule has 12 rings (SSSR count). The molecule has 3 amide bonds. The van der Waals surface area contributed by atoms with Crippen molar-refractivity contribution in [1.29, 1.82) is 0 Å². The van der Waals surface area contributed by atoms with Gasteiger partial charge in [-0.2, -0.15) is 0 Å². The van der Waals surface area contributed by atoms with Gasteiger partial charge in [-0.3, -0.25) is 4.79 Å². The second-order valence-corrected chi connectivity index (χ2v) is 35.7. The molecular weight excluding hydrogens is 1430 g/mol. The number of allylic oxidation sites excluding steroid dienone is 4. The van der Waals surface area contributed by atoms with Crippen LogP contribution in [0, 0.1) is 35.5 Å². The van der Waals surface area contributed by atoms with E-state index in [9.17, 15) is 28.8 Å². The molecule has 4 aliphatic carbocycles. The first kappa shape index (κ1) is 85.7. The zero-order valence-corrected chi connectivity index (χ0v) is 68.3. The molecule has 8 saturated heterocycles. The fraction of sp³-hybridized carbons (Fsp3) is 0.798. The molecule has 0 bridgehead atoms. The van der Waals surface area contributed by atoms with Crippen LogP contribution in [-0.4, -0.2) is 193 Å². The Morgan fingerprint density at radius 1 is 0.402 bits per heavy atom. The van der Waals surface area contributed by atoms with Gasteiger partial charge in [0.2, 0.25) is 0 Å². The molecule has 18 atom stereocenters. The highest BCUT2D eigenvalue weighted by Crippen LogP contribution is 2.54. The van der Waals surface area contributed by atoms with E-state index in [4.69, 9.17) is 56.8 Å². The monoisotopic (exact) mass is 1560 g/mol. The standard InChI is InChI=1S/C89H137N5O18/c1-60-68-39-35-63(31-28-45-88(5)79(111-88)75(68)107-81(60)96)55-104-83(98)93-50-24-18-12-10-15-21-47-90-52-66-58-102-73-70(66)41-37-62(30-26-43-86(3)77(73)109-86)54-101-72(95)34-20-14-8-7-9-17-23-49-92-85(100)106-57-65-33-27-44-87(4)78(110-87)74-71(42-38-65)67(59-103-74)53-91-48-22-16-11-13-19-25-51-94-84(99)105-56-64-32-29-46-89(6)80(112-89)76-69(40-36-64)61(2)82(97)108-76/h30-33,66-71,73-80,90-91H,1-2,7-29,34-59H2,3-6H3,(H,92,100)(H,93,98)(H,94,99)/b62-30+,63-31+,64-32+,65-33+/t66?,67-,68+,69+,70+,71+,73+,74+,75+,76+,77+,78+,79+,80+,86-,87-,88-,89-/m1/s1. The molecule has 12 aliphatic rings. The van der Waals surface area contributed by atoms with Crippen LogP contribution in [0.4, 0.5) is 14.4 Å². The molecule has 23 heteroatoms. The van der Waals surface area contributed by atoms with E-state index in [-0.39, 0.29) is 120 Å². The molecule has 0 aromatic carbocycles. The molecule has 23 nitrogen and oxygen atoms in total. The Labute approximate surface area is 667 Å². The molecule has 8 fully saturated rings. The van der Waals surface area contributed by atoms with Gasteiger partial charge in [-0.15, -0.1) is 0 Å². The maximum Gasteiger partial charge on any atom is 0.407 e. The lowest BCUT2D eigenvalue weighted by atomic mass is 9.81. The van der Waals surface area contributed by atoms with Gasteiger partial charge in [0, 0.05) is 74.0 Å². The van der Waals surface area contributed by atoms with Crippen molar-refractivity contribution in [3.63, 3.8) is 0 Å². The maximum absolute atomic E-state index is 13.0. The van der Waals surface area contributed by atoms with Crippen molar-refractivity contribution >= 4 is 36.2 Å². The summed E-state index contributed by atoms with van der Waals surface area (Å²) in [6.45, 7) is 24.7. The number of hydrogen-bond donors (Lipinski definition) is 5. The number of epoxide rings is 4. The van der Waals surface area contributed by atoms with Crippen LogP contribution in [0.15, 0.2) is 70.9 Å². The van der Waals surface area contributed by atoms with E-state index < -0.39 is 12.2 Å². The molecular formula is C89H137N5O18. The molecule has 8 aliphatic heterocycles. The van der Waals surface area contributed by atoms with Crippen molar-refractivity contribution in [2.75, 3.05) is 85.5 Å². The Bertz CT molecular complexity index is 3110.